The van der Waals surface area contributed by atoms with Crippen molar-refractivity contribution in [2.45, 2.75) is 16.0 Å². The summed E-state index contributed by atoms with van der Waals surface area (Å²) in [5, 5.41) is 6.95. The van der Waals surface area contributed by atoms with E-state index < -0.39 is 33.5 Å². The molecule has 0 aromatic heterocycles. The molecule has 112 valence electrons. The molecule has 4 nitrogen and oxygen atoms in total. The summed E-state index contributed by atoms with van der Waals surface area (Å²) in [5.74, 6) is -3.36. The Kier molecular flexibility index (Phi) is 5.09. The van der Waals surface area contributed by atoms with Crippen LogP contribution in [-0.4, -0.2) is 32.4 Å². The summed E-state index contributed by atoms with van der Waals surface area (Å²) in [6, 6.07) is 5.51. The fraction of sp³-hybridized carbons (Fsp3) is 0.364. The van der Waals surface area contributed by atoms with Gasteiger partial charge in [0.2, 0.25) is 0 Å². The third-order valence-corrected chi connectivity index (χ3v) is 4.67. The van der Waals surface area contributed by atoms with Crippen LogP contribution in [0.2, 0.25) is 0 Å². The molecule has 1 aromatic rings. The minimum absolute atomic E-state index is 0.0980. The second-order valence-electron chi connectivity index (χ2n) is 4.10. The van der Waals surface area contributed by atoms with Gasteiger partial charge in [-0.25, -0.2) is 8.42 Å². The van der Waals surface area contributed by atoms with E-state index in [2.05, 4.69) is 0 Å². The number of hydrogen-bond donors (Lipinski definition) is 2. The molecule has 0 bridgehead atoms. The van der Waals surface area contributed by atoms with Crippen LogP contribution in [0.1, 0.15) is 0 Å². The molecule has 0 saturated heterocycles. The minimum Gasteiger partial charge on any atom is -0.387 e. The summed E-state index contributed by atoms with van der Waals surface area (Å²) in [6.45, 7) is 0. The van der Waals surface area contributed by atoms with Crippen LogP contribution in [0.5, 0.6) is 0 Å². The molecule has 0 amide bonds. The number of halogens is 3. The van der Waals surface area contributed by atoms with Gasteiger partial charge in [0.25, 0.3) is 0 Å². The lowest BCUT2D eigenvalue weighted by atomic mass is 10.1. The summed E-state index contributed by atoms with van der Waals surface area (Å²) in [5.41, 5.74) is 4.94. The van der Waals surface area contributed by atoms with E-state index in [9.17, 15) is 21.6 Å². The molecule has 0 radical (unpaired) electrons. The summed E-state index contributed by atoms with van der Waals surface area (Å²) >= 11 is 0.867. The molecule has 20 heavy (non-hydrogen) atoms. The van der Waals surface area contributed by atoms with Crippen molar-refractivity contribution in [1.82, 2.24) is 0 Å². The van der Waals surface area contributed by atoms with Gasteiger partial charge in [-0.15, -0.1) is 11.8 Å². The van der Waals surface area contributed by atoms with Crippen LogP contribution in [0.25, 0.3) is 0 Å². The van der Waals surface area contributed by atoms with Crippen molar-refractivity contribution < 1.29 is 21.6 Å². The van der Waals surface area contributed by atoms with Gasteiger partial charge < -0.3 is 5.73 Å². The van der Waals surface area contributed by atoms with E-state index in [0.29, 0.717) is 4.90 Å². The highest BCUT2D eigenvalue weighted by Crippen LogP contribution is 2.31. The molecule has 0 aliphatic rings. The lowest BCUT2D eigenvalue weighted by molar-refractivity contribution is -0.149. The molecular weight excluding hydrogens is 313 g/mol. The normalized spacial score (nSPS) is 14.0. The second kappa shape index (κ2) is 6.04. The van der Waals surface area contributed by atoms with Gasteiger partial charge in [-0.2, -0.15) is 13.2 Å². The Morgan fingerprint density at radius 1 is 1.35 bits per heavy atom. The quantitative estimate of drug-likeness (QED) is 0.494. The molecule has 0 aliphatic carbocycles. The first-order valence-electron chi connectivity index (χ1n) is 5.35. The van der Waals surface area contributed by atoms with Crippen LogP contribution in [0, 0.1) is 11.3 Å². The first-order chi connectivity index (χ1) is 9.01. The van der Waals surface area contributed by atoms with Crippen LogP contribution in [0.4, 0.5) is 13.2 Å². The van der Waals surface area contributed by atoms with Gasteiger partial charge >= 0.3 is 6.18 Å². The number of nitrogens with one attached hydrogen (secondary N) is 1. The van der Waals surface area contributed by atoms with Crippen molar-refractivity contribution >= 4 is 27.4 Å². The van der Waals surface area contributed by atoms with E-state index in [1.807, 2.05) is 0 Å². The van der Waals surface area contributed by atoms with Gasteiger partial charge in [-0.1, -0.05) is 0 Å². The van der Waals surface area contributed by atoms with Crippen LogP contribution in [0.15, 0.2) is 34.1 Å². The SMILES string of the molecule is CS(=O)(=O)c1ccc(SCC(C(=N)N)C(F)(F)F)cc1. The third kappa shape index (κ3) is 4.71. The molecule has 1 rings (SSSR count). The number of sulfone groups is 1. The lowest BCUT2D eigenvalue weighted by Crippen LogP contribution is -2.36. The number of hydrogen-bond acceptors (Lipinski definition) is 4. The van der Waals surface area contributed by atoms with Crippen molar-refractivity contribution in [1.29, 1.82) is 5.41 Å². The fourth-order valence-corrected chi connectivity index (χ4v) is 3.01. The van der Waals surface area contributed by atoms with E-state index in [1.165, 1.54) is 24.3 Å². The molecule has 0 heterocycles. The van der Waals surface area contributed by atoms with Crippen molar-refractivity contribution in [3.05, 3.63) is 24.3 Å². The zero-order chi connectivity index (χ0) is 15.6. The van der Waals surface area contributed by atoms with E-state index in [1.54, 1.807) is 0 Å². The monoisotopic (exact) mass is 326 g/mol. The highest BCUT2D eigenvalue weighted by Gasteiger charge is 2.41. The van der Waals surface area contributed by atoms with Gasteiger partial charge in [0.1, 0.15) is 11.8 Å². The number of thioether (sulfide) groups is 1. The highest BCUT2D eigenvalue weighted by atomic mass is 32.2. The molecule has 0 aliphatic heterocycles. The largest absolute Gasteiger partial charge is 0.399 e. The molecule has 0 fully saturated rings. The molecule has 9 heteroatoms. The van der Waals surface area contributed by atoms with Gasteiger partial charge in [0.05, 0.1) is 4.90 Å². The highest BCUT2D eigenvalue weighted by molar-refractivity contribution is 7.99. The molecule has 1 aromatic carbocycles. The van der Waals surface area contributed by atoms with E-state index in [4.69, 9.17) is 11.1 Å². The van der Waals surface area contributed by atoms with Gasteiger partial charge in [0.15, 0.2) is 9.84 Å². The van der Waals surface area contributed by atoms with Crippen LogP contribution < -0.4 is 5.73 Å². The van der Waals surface area contributed by atoms with Crippen LogP contribution >= 0.6 is 11.8 Å². The molecule has 0 spiro atoms. The first-order valence-corrected chi connectivity index (χ1v) is 8.23. The Hall–Kier alpha value is -1.22. The summed E-state index contributed by atoms with van der Waals surface area (Å²) < 4.78 is 60.2. The molecule has 1 atom stereocenters. The minimum atomic E-state index is -4.56. The van der Waals surface area contributed by atoms with Gasteiger partial charge in [0, 0.05) is 16.9 Å². The molecule has 1 unspecified atom stereocenters. The zero-order valence-electron chi connectivity index (χ0n) is 10.4. The Bertz CT molecular complexity index is 583. The number of benzene rings is 1. The Morgan fingerprint density at radius 3 is 2.20 bits per heavy atom. The van der Waals surface area contributed by atoms with Crippen molar-refractivity contribution in [2.75, 3.05) is 12.0 Å². The number of amidine groups is 1. The zero-order valence-corrected chi connectivity index (χ0v) is 12.1. The maximum Gasteiger partial charge on any atom is 0.399 e. The maximum atomic E-state index is 12.6. The second-order valence-corrected chi connectivity index (χ2v) is 7.21. The van der Waals surface area contributed by atoms with E-state index in [-0.39, 0.29) is 4.90 Å². The molecular formula is C11H13F3N2O2S2. The topological polar surface area (TPSA) is 84.0 Å². The summed E-state index contributed by atoms with van der Waals surface area (Å²) in [4.78, 5) is 0.577. The van der Waals surface area contributed by atoms with Gasteiger partial charge in [-0.3, -0.25) is 5.41 Å². The lowest BCUT2D eigenvalue weighted by Gasteiger charge is -2.18. The average molecular weight is 326 g/mol. The predicted octanol–water partition coefficient (Wildman–Crippen LogP) is 2.30. The van der Waals surface area contributed by atoms with Crippen molar-refractivity contribution in [3.63, 3.8) is 0 Å². The summed E-state index contributed by atoms with van der Waals surface area (Å²) in [7, 11) is -3.33. The number of alkyl halides is 3. The molecule has 3 N–H and O–H groups in total. The fourth-order valence-electron chi connectivity index (χ4n) is 1.32. The smallest absolute Gasteiger partial charge is 0.387 e. The molecule has 0 saturated carbocycles. The summed E-state index contributed by atoms with van der Waals surface area (Å²) in [6.07, 6.45) is -3.52. The van der Waals surface area contributed by atoms with Crippen molar-refractivity contribution in [3.8, 4) is 0 Å². The van der Waals surface area contributed by atoms with Crippen LogP contribution in [0.3, 0.4) is 0 Å². The van der Waals surface area contributed by atoms with Crippen LogP contribution in [-0.2, 0) is 9.84 Å². The Morgan fingerprint density at radius 2 is 1.85 bits per heavy atom. The van der Waals surface area contributed by atoms with Crippen molar-refractivity contribution in [2.24, 2.45) is 11.7 Å². The standard InChI is InChI=1S/C11H13F3N2O2S2/c1-20(17,18)8-4-2-7(3-5-8)19-6-9(10(15)16)11(12,13)14/h2-5,9H,6H2,1H3,(H3,15,16). The number of rotatable bonds is 5. The third-order valence-electron chi connectivity index (χ3n) is 2.44. The Balaban J connectivity index is 2.77. The number of nitrogens with two attached hydrogens (primary N) is 1. The van der Waals surface area contributed by atoms with Gasteiger partial charge in [-0.05, 0) is 24.3 Å². The maximum absolute atomic E-state index is 12.6. The predicted molar refractivity (Wildman–Crippen MR) is 71.7 cm³/mol. The van der Waals surface area contributed by atoms with E-state index >= 15 is 0 Å². The first kappa shape index (κ1) is 16.8. The Labute approximate surface area is 119 Å². The average Bonchev–Trinajstić information content (AvgIpc) is 2.26. The van der Waals surface area contributed by atoms with E-state index in [0.717, 1.165) is 18.0 Å².